The summed E-state index contributed by atoms with van der Waals surface area (Å²) in [5.74, 6) is 0.839. The number of aryl methyl sites for hydroxylation is 1. The predicted molar refractivity (Wildman–Crippen MR) is 242 cm³/mol. The van der Waals surface area contributed by atoms with Crippen molar-refractivity contribution in [1.29, 1.82) is 0 Å². The van der Waals surface area contributed by atoms with Gasteiger partial charge in [0.1, 0.15) is 5.69 Å². The summed E-state index contributed by atoms with van der Waals surface area (Å²) in [5, 5.41) is 11.0. The summed E-state index contributed by atoms with van der Waals surface area (Å²) in [5.41, 5.74) is 14.9. The minimum Gasteiger partial charge on any atom is -0.317 e. The average molecular weight is 739 g/mol. The third-order valence-corrected chi connectivity index (χ3v) is 12.6. The van der Waals surface area contributed by atoms with Crippen molar-refractivity contribution in [3.05, 3.63) is 193 Å². The van der Waals surface area contributed by atoms with Crippen molar-refractivity contribution in [2.24, 2.45) is 0 Å². The van der Waals surface area contributed by atoms with Crippen molar-refractivity contribution < 1.29 is 0 Å². The molecule has 0 amide bonds. The van der Waals surface area contributed by atoms with Gasteiger partial charge < -0.3 is 4.57 Å². The number of aromatic nitrogens is 4. The lowest BCUT2D eigenvalue weighted by molar-refractivity contribution is 1.07. The first-order valence-electron chi connectivity index (χ1n) is 20.0. The van der Waals surface area contributed by atoms with Gasteiger partial charge in [0.2, 0.25) is 0 Å². The largest absolute Gasteiger partial charge is 0.317 e. The topological polar surface area (TPSA) is 35.6 Å². The van der Waals surface area contributed by atoms with Crippen LogP contribution in [0.5, 0.6) is 0 Å². The maximum atomic E-state index is 5.76. The zero-order valence-corrected chi connectivity index (χ0v) is 31.7. The van der Waals surface area contributed by atoms with Crippen LogP contribution in [0.1, 0.15) is 16.7 Å². The SMILES string of the molecule is Cc1ccc(-n2ccc3cc(-c4nc5ccc6ccccc6c5nc4-n4c5ccccc5c5c6ccccc6c6c(c54)Cc4ccc5ccccc5c4-6)ccc32)cc1. The van der Waals surface area contributed by atoms with Crippen molar-refractivity contribution in [3.63, 3.8) is 0 Å². The van der Waals surface area contributed by atoms with Crippen LogP contribution in [0.25, 0.3) is 110 Å². The Morgan fingerprint density at radius 2 is 1.22 bits per heavy atom. The molecule has 3 aromatic heterocycles. The first-order valence-corrected chi connectivity index (χ1v) is 20.0. The third-order valence-electron chi connectivity index (χ3n) is 12.6. The van der Waals surface area contributed by atoms with E-state index in [9.17, 15) is 0 Å². The van der Waals surface area contributed by atoms with Gasteiger partial charge in [0.15, 0.2) is 5.82 Å². The highest BCUT2D eigenvalue weighted by atomic mass is 15.1. The molecule has 9 aromatic carbocycles. The van der Waals surface area contributed by atoms with E-state index in [0.29, 0.717) is 0 Å². The van der Waals surface area contributed by atoms with Crippen molar-refractivity contribution >= 4 is 76.1 Å². The van der Waals surface area contributed by atoms with Crippen LogP contribution in [-0.4, -0.2) is 19.1 Å². The molecular formula is C54H34N4. The second-order valence-electron chi connectivity index (χ2n) is 15.8. The molecule has 4 nitrogen and oxygen atoms in total. The summed E-state index contributed by atoms with van der Waals surface area (Å²) in [6.45, 7) is 2.13. The number of nitrogens with zero attached hydrogens (tertiary/aromatic N) is 4. The first kappa shape index (κ1) is 31.6. The molecule has 0 N–H and O–H groups in total. The molecule has 0 radical (unpaired) electrons. The fourth-order valence-electron chi connectivity index (χ4n) is 9.98. The maximum absolute atomic E-state index is 5.76. The molecular weight excluding hydrogens is 705 g/mol. The summed E-state index contributed by atoms with van der Waals surface area (Å²) in [7, 11) is 0. The molecule has 1 aliphatic carbocycles. The number of hydrogen-bond acceptors (Lipinski definition) is 2. The molecule has 0 saturated carbocycles. The van der Waals surface area contributed by atoms with E-state index in [0.717, 1.165) is 67.4 Å². The molecule has 3 heterocycles. The fraction of sp³-hybridized carbons (Fsp3) is 0.0370. The number of fused-ring (bicyclic) bond motifs is 16. The Morgan fingerprint density at radius 3 is 2.07 bits per heavy atom. The molecule has 4 heteroatoms. The molecule has 0 saturated heterocycles. The van der Waals surface area contributed by atoms with Gasteiger partial charge in [0, 0.05) is 45.4 Å². The molecule has 0 atom stereocenters. The normalized spacial score (nSPS) is 12.5. The second kappa shape index (κ2) is 11.7. The van der Waals surface area contributed by atoms with Gasteiger partial charge in [-0.2, -0.15) is 0 Å². The van der Waals surface area contributed by atoms with E-state index >= 15 is 0 Å². The van der Waals surface area contributed by atoms with Gasteiger partial charge in [-0.25, -0.2) is 9.97 Å². The standard InChI is InChI=1S/C54H34N4/c1-32-18-24-38(25-19-32)57-29-28-35-30-37(23-27-46(35)57)51-54(56-52-40-13-5-3-11-34(40)22-26-45(52)55-51)58-47-17-9-8-16-43(47)50-42-15-7-6-14-41(42)49-44(53(50)58)31-36-21-20-33-10-2-4-12-39(33)48(36)49/h2-30H,31H2,1H3. The Hall–Kier alpha value is -7.56. The molecule has 0 aliphatic heterocycles. The van der Waals surface area contributed by atoms with E-state index in [-0.39, 0.29) is 0 Å². The summed E-state index contributed by atoms with van der Waals surface area (Å²) in [4.78, 5) is 11.4. The van der Waals surface area contributed by atoms with E-state index in [1.807, 2.05) is 0 Å². The van der Waals surface area contributed by atoms with Gasteiger partial charge in [-0.3, -0.25) is 4.57 Å². The van der Waals surface area contributed by atoms with Gasteiger partial charge >= 0.3 is 0 Å². The van der Waals surface area contributed by atoms with Gasteiger partial charge in [-0.1, -0.05) is 133 Å². The molecule has 1 aliphatic rings. The lowest BCUT2D eigenvalue weighted by Crippen LogP contribution is -2.05. The van der Waals surface area contributed by atoms with Crippen LogP contribution in [0.3, 0.4) is 0 Å². The average Bonchev–Trinajstić information content (AvgIpc) is 3.99. The number of para-hydroxylation sites is 1. The summed E-state index contributed by atoms with van der Waals surface area (Å²) in [6.07, 6.45) is 3.01. The highest BCUT2D eigenvalue weighted by Gasteiger charge is 2.31. The van der Waals surface area contributed by atoms with Crippen LogP contribution in [0.4, 0.5) is 0 Å². The Balaban J connectivity index is 1.17. The molecule has 13 rings (SSSR count). The second-order valence-corrected chi connectivity index (χ2v) is 15.8. The zero-order valence-electron chi connectivity index (χ0n) is 31.7. The van der Waals surface area contributed by atoms with E-state index in [2.05, 4.69) is 192 Å². The molecule has 0 fully saturated rings. The highest BCUT2D eigenvalue weighted by Crippen LogP contribution is 2.51. The lowest BCUT2D eigenvalue weighted by atomic mass is 9.91. The Labute approximate surface area is 333 Å². The number of hydrogen-bond donors (Lipinski definition) is 0. The van der Waals surface area contributed by atoms with E-state index in [1.54, 1.807) is 0 Å². The minimum absolute atomic E-state index is 0.838. The van der Waals surface area contributed by atoms with Gasteiger partial charge in [0.05, 0.1) is 27.6 Å². The van der Waals surface area contributed by atoms with Gasteiger partial charge in [0.25, 0.3) is 0 Å². The van der Waals surface area contributed by atoms with Crippen molar-refractivity contribution in [2.75, 3.05) is 0 Å². The highest BCUT2D eigenvalue weighted by molar-refractivity contribution is 6.27. The van der Waals surface area contributed by atoms with E-state index < -0.39 is 0 Å². The van der Waals surface area contributed by atoms with Crippen molar-refractivity contribution in [1.82, 2.24) is 19.1 Å². The fourth-order valence-corrected chi connectivity index (χ4v) is 9.98. The Morgan fingerprint density at radius 1 is 0.517 bits per heavy atom. The zero-order chi connectivity index (χ0) is 38.1. The number of benzene rings is 9. The molecule has 0 spiro atoms. The molecule has 0 bridgehead atoms. The quantitative estimate of drug-likeness (QED) is 0.169. The van der Waals surface area contributed by atoms with Crippen molar-refractivity contribution in [2.45, 2.75) is 13.3 Å². The first-order chi connectivity index (χ1) is 28.7. The van der Waals surface area contributed by atoms with Gasteiger partial charge in [-0.05, 0) is 98.6 Å². The van der Waals surface area contributed by atoms with Crippen LogP contribution in [0, 0.1) is 6.92 Å². The molecule has 12 aromatic rings. The number of rotatable bonds is 3. The van der Waals surface area contributed by atoms with Crippen LogP contribution in [0.2, 0.25) is 0 Å². The minimum atomic E-state index is 0.838. The summed E-state index contributed by atoms with van der Waals surface area (Å²) in [6, 6.07) is 61.9. The molecule has 58 heavy (non-hydrogen) atoms. The van der Waals surface area contributed by atoms with Crippen molar-refractivity contribution in [3.8, 4) is 33.9 Å². The maximum Gasteiger partial charge on any atom is 0.165 e. The third kappa shape index (κ3) is 4.34. The molecule has 270 valence electrons. The summed E-state index contributed by atoms with van der Waals surface area (Å²) >= 11 is 0. The van der Waals surface area contributed by atoms with E-state index in [1.165, 1.54) is 65.7 Å². The lowest BCUT2D eigenvalue weighted by Gasteiger charge is -2.17. The van der Waals surface area contributed by atoms with Crippen LogP contribution in [0.15, 0.2) is 176 Å². The smallest absolute Gasteiger partial charge is 0.165 e. The van der Waals surface area contributed by atoms with E-state index in [4.69, 9.17) is 9.97 Å². The van der Waals surface area contributed by atoms with Crippen LogP contribution in [-0.2, 0) is 6.42 Å². The molecule has 0 unspecified atom stereocenters. The predicted octanol–water partition coefficient (Wildman–Crippen LogP) is 13.7. The van der Waals surface area contributed by atoms with Crippen LogP contribution < -0.4 is 0 Å². The Kier molecular flexibility index (Phi) is 6.40. The van der Waals surface area contributed by atoms with Gasteiger partial charge in [-0.15, -0.1) is 0 Å². The monoisotopic (exact) mass is 738 g/mol. The van der Waals surface area contributed by atoms with Crippen LogP contribution >= 0.6 is 0 Å². The Bertz CT molecular complexity index is 3720. The summed E-state index contributed by atoms with van der Waals surface area (Å²) < 4.78 is 4.72.